The van der Waals surface area contributed by atoms with Gasteiger partial charge in [-0.25, -0.2) is 4.31 Å². The Kier molecular flexibility index (Phi) is 7.83. The van der Waals surface area contributed by atoms with Gasteiger partial charge in [-0.3, -0.25) is 14.1 Å². The van der Waals surface area contributed by atoms with Crippen molar-refractivity contribution in [2.24, 2.45) is 5.16 Å². The van der Waals surface area contributed by atoms with Crippen LogP contribution in [0, 0.1) is 0 Å². The molecule has 1 fully saturated rings. The van der Waals surface area contributed by atoms with Crippen LogP contribution in [0.5, 0.6) is 5.75 Å². The summed E-state index contributed by atoms with van der Waals surface area (Å²) in [4.78, 5) is 25.7. The maximum Gasteiger partial charge on any atom is 1.00 e. The van der Waals surface area contributed by atoms with Crippen molar-refractivity contribution in [3.63, 3.8) is 0 Å². The van der Waals surface area contributed by atoms with E-state index in [0.29, 0.717) is 0 Å². The molecule has 132 valence electrons. The fraction of sp³-hybridized carbons (Fsp3) is 0.308. The van der Waals surface area contributed by atoms with Gasteiger partial charge in [0.25, 0.3) is 5.91 Å². The molecule has 25 heavy (non-hydrogen) atoms. The third-order valence-electron chi connectivity index (χ3n) is 3.21. The van der Waals surface area contributed by atoms with Crippen molar-refractivity contribution in [3.05, 3.63) is 29.8 Å². The Morgan fingerprint density at radius 1 is 1.52 bits per heavy atom. The largest absolute Gasteiger partial charge is 1.00 e. The van der Waals surface area contributed by atoms with Gasteiger partial charge >= 0.3 is 39.9 Å². The summed E-state index contributed by atoms with van der Waals surface area (Å²) in [6, 6.07) is 5.94. The molecular formula is C13H16N3NaO7S. The molecule has 0 unspecified atom stereocenters. The third kappa shape index (κ3) is 5.16. The van der Waals surface area contributed by atoms with Gasteiger partial charge in [-0.05, 0) is 17.7 Å². The Labute approximate surface area is 167 Å². The zero-order valence-corrected chi connectivity index (χ0v) is 16.3. The number of ether oxygens (including phenoxy) is 1. The first-order valence-corrected chi connectivity index (χ1v) is 8.07. The second-order valence-electron chi connectivity index (χ2n) is 4.74. The Morgan fingerprint density at radius 2 is 2.24 bits per heavy atom. The standard InChI is InChI=1S/C7H6O.C6H9N3O6S.Na.H/c1-2-6-4-7(3-1)8-5-6;1-15-8-2-4-5(7-3-10)6(11)9(4)16(12,13)14;;/h1-4H,5H2;2-5H,1H3,(H,7,10)(H,12,13,14);;/q;;+1;-1/t;4-,5+;;/m.1../s1. The summed E-state index contributed by atoms with van der Waals surface area (Å²) in [6.45, 7) is 0.766. The third-order valence-corrected chi connectivity index (χ3v) is 4.14. The molecule has 2 N–H and O–H groups in total. The SMILES string of the molecule is CON=C[C@@H]1[C@H](NC=O)C(=O)N1S(=O)(=O)O.[H-].[Na+].c1cc2cc(c1)OC2. The number of β-lactam (4-membered cyclic amide) rings is 1. The van der Waals surface area contributed by atoms with Crippen LogP contribution in [0.1, 0.15) is 6.99 Å². The number of rotatable bonds is 5. The zero-order chi connectivity index (χ0) is 17.7. The number of fused-ring (bicyclic) bond motifs is 2. The molecule has 2 aliphatic rings. The van der Waals surface area contributed by atoms with Crippen molar-refractivity contribution in [2.75, 3.05) is 7.11 Å². The van der Waals surface area contributed by atoms with Crippen molar-refractivity contribution in [2.45, 2.75) is 18.7 Å². The summed E-state index contributed by atoms with van der Waals surface area (Å²) < 4.78 is 35.7. The number of benzene rings is 1. The van der Waals surface area contributed by atoms with E-state index in [9.17, 15) is 18.0 Å². The van der Waals surface area contributed by atoms with Crippen LogP contribution in [0.4, 0.5) is 0 Å². The van der Waals surface area contributed by atoms with Gasteiger partial charge in [-0.2, -0.15) is 8.42 Å². The zero-order valence-electron chi connectivity index (χ0n) is 14.5. The summed E-state index contributed by atoms with van der Waals surface area (Å²) in [6.07, 6.45) is 1.23. The number of carbonyl (C=O) groups is 2. The maximum absolute atomic E-state index is 11.2. The average molecular weight is 381 g/mol. The summed E-state index contributed by atoms with van der Waals surface area (Å²) in [5, 5.41) is 5.37. The van der Waals surface area contributed by atoms with Crippen LogP contribution in [0.3, 0.4) is 0 Å². The minimum Gasteiger partial charge on any atom is -1.00 e. The van der Waals surface area contributed by atoms with Gasteiger partial charge in [0.2, 0.25) is 6.41 Å². The number of carbonyl (C=O) groups excluding carboxylic acids is 2. The second-order valence-corrected chi connectivity index (χ2v) is 6.03. The number of nitrogens with one attached hydrogen (secondary N) is 1. The molecule has 1 aromatic rings. The van der Waals surface area contributed by atoms with E-state index in [-0.39, 0.29) is 41.7 Å². The molecule has 3 rings (SSSR count). The molecule has 2 atom stereocenters. The molecule has 10 nitrogen and oxygen atoms in total. The van der Waals surface area contributed by atoms with Gasteiger partial charge in [0.05, 0.1) is 6.21 Å². The molecule has 2 heterocycles. The smallest absolute Gasteiger partial charge is 1.00 e. The monoisotopic (exact) mass is 381 g/mol. The van der Waals surface area contributed by atoms with Crippen LogP contribution in [0.15, 0.2) is 29.4 Å². The molecule has 0 aliphatic carbocycles. The second kappa shape index (κ2) is 9.15. The minimum atomic E-state index is -4.67. The first-order valence-electron chi connectivity index (χ1n) is 6.67. The average Bonchev–Trinajstić information content (AvgIpc) is 2.86. The van der Waals surface area contributed by atoms with Crippen LogP contribution in [-0.4, -0.2) is 55.0 Å². The van der Waals surface area contributed by atoms with E-state index in [4.69, 9.17) is 9.29 Å². The van der Waals surface area contributed by atoms with Crippen LogP contribution >= 0.6 is 0 Å². The topological polar surface area (TPSA) is 135 Å². The van der Waals surface area contributed by atoms with Gasteiger partial charge in [0.15, 0.2) is 0 Å². The van der Waals surface area contributed by atoms with E-state index in [0.717, 1.165) is 18.6 Å². The predicted octanol–water partition coefficient (Wildman–Crippen LogP) is -3.56. The van der Waals surface area contributed by atoms with Crippen LogP contribution in [0.25, 0.3) is 0 Å². The van der Waals surface area contributed by atoms with Crippen molar-refractivity contribution < 1.29 is 63.1 Å². The molecule has 2 bridgehead atoms. The van der Waals surface area contributed by atoms with Crippen molar-refractivity contribution in [1.29, 1.82) is 0 Å². The van der Waals surface area contributed by atoms with Crippen LogP contribution in [-0.2, 0) is 31.3 Å². The fourth-order valence-corrected chi connectivity index (χ4v) is 2.98. The number of amides is 2. The van der Waals surface area contributed by atoms with Crippen LogP contribution in [0.2, 0.25) is 0 Å². The van der Waals surface area contributed by atoms with Crippen molar-refractivity contribution in [1.82, 2.24) is 9.62 Å². The fourth-order valence-electron chi connectivity index (χ4n) is 2.16. The number of oxime groups is 1. The van der Waals surface area contributed by atoms with E-state index < -0.39 is 28.3 Å². The maximum atomic E-state index is 11.2. The van der Waals surface area contributed by atoms with E-state index >= 15 is 0 Å². The first-order chi connectivity index (χ1) is 11.4. The van der Waals surface area contributed by atoms with E-state index in [2.05, 4.69) is 27.4 Å². The van der Waals surface area contributed by atoms with E-state index in [1.54, 1.807) is 0 Å². The Bertz CT molecular complexity index is 743. The van der Waals surface area contributed by atoms with E-state index in [1.165, 1.54) is 12.7 Å². The number of hydrogen-bond acceptors (Lipinski definition) is 7. The normalized spacial score (nSPS) is 20.6. The van der Waals surface area contributed by atoms with Gasteiger partial charge in [0.1, 0.15) is 31.5 Å². The molecule has 0 radical (unpaired) electrons. The van der Waals surface area contributed by atoms with Gasteiger partial charge in [-0.15, -0.1) is 0 Å². The van der Waals surface area contributed by atoms with Gasteiger partial charge in [0, 0.05) is 0 Å². The van der Waals surface area contributed by atoms with Crippen molar-refractivity contribution in [3.8, 4) is 5.75 Å². The van der Waals surface area contributed by atoms with E-state index in [1.807, 2.05) is 12.1 Å². The quantitative estimate of drug-likeness (QED) is 0.135. The molecule has 2 amide bonds. The van der Waals surface area contributed by atoms with Crippen LogP contribution < -0.4 is 39.6 Å². The Balaban J connectivity index is 0.000000525. The number of nitrogens with zero attached hydrogens (tertiary/aromatic N) is 2. The summed E-state index contributed by atoms with van der Waals surface area (Å²) in [5.74, 6) is 0.0599. The molecule has 12 heteroatoms. The Hall–Kier alpha value is -1.66. The summed E-state index contributed by atoms with van der Waals surface area (Å²) >= 11 is 0. The molecule has 0 saturated carbocycles. The molecule has 0 spiro atoms. The minimum absolute atomic E-state index is 0. The molecule has 1 aromatic carbocycles. The molecule has 0 aromatic heterocycles. The number of hydrogen-bond donors (Lipinski definition) is 2. The predicted molar refractivity (Wildman–Crippen MR) is 82.6 cm³/mol. The Morgan fingerprint density at radius 3 is 2.76 bits per heavy atom. The van der Waals surface area contributed by atoms with Gasteiger partial charge < -0.3 is 16.3 Å². The van der Waals surface area contributed by atoms with Gasteiger partial charge in [-0.1, -0.05) is 17.3 Å². The molecule has 1 saturated heterocycles. The summed E-state index contributed by atoms with van der Waals surface area (Å²) in [7, 11) is -3.45. The summed E-state index contributed by atoms with van der Waals surface area (Å²) in [5.41, 5.74) is 1.28. The first kappa shape index (κ1) is 21.4. The van der Waals surface area contributed by atoms with Crippen molar-refractivity contribution >= 4 is 28.8 Å². The molecule has 2 aliphatic heterocycles. The molecular weight excluding hydrogens is 365 g/mol.